The third-order valence-electron chi connectivity index (χ3n) is 12.2. The van der Waals surface area contributed by atoms with E-state index < -0.39 is 0 Å². The minimum atomic E-state index is -0.271. The van der Waals surface area contributed by atoms with Crippen LogP contribution in [0.5, 0.6) is 0 Å². The van der Waals surface area contributed by atoms with Crippen molar-refractivity contribution in [1.82, 2.24) is 0 Å². The summed E-state index contributed by atoms with van der Waals surface area (Å²) in [7, 11) is 0. The number of ketones is 1. The lowest BCUT2D eigenvalue weighted by atomic mass is 9.44. The van der Waals surface area contributed by atoms with E-state index in [1.807, 2.05) is 0 Å². The van der Waals surface area contributed by atoms with Gasteiger partial charge in [-0.15, -0.1) is 0 Å². The lowest BCUT2D eigenvalue weighted by Gasteiger charge is -2.60. The molecule has 4 saturated carbocycles. The number of Topliss-reactive ketones (excluding diaryl/α,β-unsaturated/α-hetero) is 1. The number of aliphatic hydroxyl groups excluding tert-OH is 1. The summed E-state index contributed by atoms with van der Waals surface area (Å²) >= 11 is 0. The van der Waals surface area contributed by atoms with Crippen molar-refractivity contribution in [2.24, 2.45) is 57.2 Å². The maximum absolute atomic E-state index is 13.4. The zero-order valence-corrected chi connectivity index (χ0v) is 21.5. The fourth-order valence-electron chi connectivity index (χ4n) is 10.4. The highest BCUT2D eigenvalue weighted by Gasteiger charge is 2.65. The van der Waals surface area contributed by atoms with Crippen molar-refractivity contribution in [2.75, 3.05) is 6.54 Å². The highest BCUT2D eigenvalue weighted by atomic mass is 16.6. The second-order valence-corrected chi connectivity index (χ2v) is 13.7. The van der Waals surface area contributed by atoms with Gasteiger partial charge in [0.1, 0.15) is 11.4 Å². The van der Waals surface area contributed by atoms with E-state index in [-0.39, 0.29) is 23.0 Å². The Morgan fingerprint density at radius 2 is 1.76 bits per heavy atom. The number of aliphatic hydroxyl groups is 1. The summed E-state index contributed by atoms with van der Waals surface area (Å²) in [5.41, 5.74) is 1.71. The van der Waals surface area contributed by atoms with Gasteiger partial charge in [0, 0.05) is 24.8 Å². The number of hydrogen-bond acceptors (Lipinski definition) is 4. The summed E-state index contributed by atoms with van der Waals surface area (Å²) in [4.78, 5) is 18.6. The molecule has 0 bridgehead atoms. The molecule has 0 aromatic carbocycles. The Morgan fingerprint density at radius 3 is 2.48 bits per heavy atom. The summed E-state index contributed by atoms with van der Waals surface area (Å²) in [6.07, 6.45) is 9.66. The highest BCUT2D eigenvalue weighted by molar-refractivity contribution is 5.98. The maximum Gasteiger partial charge on any atom is 0.136 e. The average Bonchev–Trinajstić information content (AvgIpc) is 3.22. The van der Waals surface area contributed by atoms with Gasteiger partial charge in [0.25, 0.3) is 0 Å². The first kappa shape index (κ1) is 22.7. The minimum absolute atomic E-state index is 0.0762. The predicted molar refractivity (Wildman–Crippen MR) is 130 cm³/mol. The summed E-state index contributed by atoms with van der Waals surface area (Å²) in [5, 5.41) is 10.3. The molecule has 33 heavy (non-hydrogen) atoms. The van der Waals surface area contributed by atoms with E-state index in [0.29, 0.717) is 59.2 Å². The largest absolute Gasteiger partial charge is 0.393 e. The minimum Gasteiger partial charge on any atom is -0.393 e. The molecule has 1 N–H and O–H groups in total. The third kappa shape index (κ3) is 3.08. The molecule has 4 aliphatic carbocycles. The molecule has 4 heteroatoms. The van der Waals surface area contributed by atoms with Crippen LogP contribution >= 0.6 is 0 Å². The zero-order valence-electron chi connectivity index (χ0n) is 21.5. The fourth-order valence-corrected chi connectivity index (χ4v) is 10.4. The Balaban J connectivity index is 1.27. The van der Waals surface area contributed by atoms with Gasteiger partial charge in [-0.25, -0.2) is 0 Å². The standard InChI is InChI=1S/C29H45NO3/c1-16-14-29(18(3)33-29)26(30-15-16)17(2)21-6-7-22-20-13-25(32)24-12-19(31)8-10-28(24,5)23(20)9-11-27(21,22)4/h16-24,31H,6-15H2,1-5H3/t16-,17?,18+,19-,20-,21+,22-,23-,24+,27+,28+,29-/m0/s1. The molecule has 5 fully saturated rings. The Hall–Kier alpha value is -0.740. The lowest BCUT2D eigenvalue weighted by molar-refractivity contribution is -0.159. The van der Waals surface area contributed by atoms with Crippen LogP contribution in [-0.4, -0.2) is 41.0 Å². The average molecular weight is 456 g/mol. The molecule has 184 valence electrons. The molecule has 1 saturated heterocycles. The molecule has 0 aromatic rings. The molecule has 0 radical (unpaired) electrons. The van der Waals surface area contributed by atoms with Crippen LogP contribution in [0.3, 0.4) is 0 Å². The number of nitrogens with zero attached hydrogens (tertiary/aromatic N) is 1. The van der Waals surface area contributed by atoms with Crippen LogP contribution in [0.2, 0.25) is 0 Å². The first-order chi connectivity index (χ1) is 15.6. The van der Waals surface area contributed by atoms with Crippen LogP contribution in [-0.2, 0) is 9.53 Å². The van der Waals surface area contributed by atoms with E-state index in [1.165, 1.54) is 31.4 Å². The van der Waals surface area contributed by atoms with Crippen LogP contribution in [0, 0.1) is 52.3 Å². The molecule has 1 unspecified atom stereocenters. The Kier molecular flexibility index (Phi) is 5.08. The van der Waals surface area contributed by atoms with Crippen LogP contribution in [0.25, 0.3) is 0 Å². The normalized spacial score (nSPS) is 56.5. The molecule has 1 spiro atoms. The van der Waals surface area contributed by atoms with Crippen LogP contribution in [0.1, 0.15) is 92.4 Å². The van der Waals surface area contributed by atoms with Gasteiger partial charge in [0.05, 0.1) is 17.9 Å². The summed E-state index contributed by atoms with van der Waals surface area (Å²) in [6.45, 7) is 12.9. The van der Waals surface area contributed by atoms with Gasteiger partial charge in [-0.2, -0.15) is 0 Å². The molecule has 0 aromatic heterocycles. The number of hydrogen-bond donors (Lipinski definition) is 1. The molecule has 2 aliphatic heterocycles. The lowest BCUT2D eigenvalue weighted by Crippen LogP contribution is -2.57. The first-order valence-electron chi connectivity index (χ1n) is 14.0. The zero-order chi connectivity index (χ0) is 23.3. The molecular formula is C29H45NO3. The van der Waals surface area contributed by atoms with Gasteiger partial charge in [-0.3, -0.25) is 9.79 Å². The second kappa shape index (κ2) is 7.38. The number of fused-ring (bicyclic) bond motifs is 5. The van der Waals surface area contributed by atoms with Gasteiger partial charge >= 0.3 is 0 Å². The van der Waals surface area contributed by atoms with Crippen LogP contribution in [0.4, 0.5) is 0 Å². The van der Waals surface area contributed by atoms with Crippen molar-refractivity contribution in [2.45, 2.75) is 110 Å². The van der Waals surface area contributed by atoms with E-state index in [0.717, 1.165) is 32.2 Å². The van der Waals surface area contributed by atoms with Crippen molar-refractivity contribution in [3.05, 3.63) is 0 Å². The van der Waals surface area contributed by atoms with Crippen molar-refractivity contribution < 1.29 is 14.6 Å². The smallest absolute Gasteiger partial charge is 0.136 e. The van der Waals surface area contributed by atoms with Gasteiger partial charge in [-0.1, -0.05) is 27.7 Å². The number of carbonyl (C=O) groups excluding carboxylic acids is 1. The summed E-state index contributed by atoms with van der Waals surface area (Å²) < 4.78 is 6.26. The van der Waals surface area contributed by atoms with E-state index in [2.05, 4.69) is 34.6 Å². The molecule has 0 amide bonds. The second-order valence-electron chi connectivity index (χ2n) is 13.7. The summed E-state index contributed by atoms with van der Waals surface area (Å²) in [6, 6.07) is 0. The molecule has 2 heterocycles. The maximum atomic E-state index is 13.4. The van der Waals surface area contributed by atoms with Crippen molar-refractivity contribution >= 4 is 11.5 Å². The number of ether oxygens (including phenoxy) is 1. The number of epoxide rings is 1. The third-order valence-corrected chi connectivity index (χ3v) is 12.2. The van der Waals surface area contributed by atoms with Gasteiger partial charge in [0.15, 0.2) is 0 Å². The Morgan fingerprint density at radius 1 is 1.06 bits per heavy atom. The predicted octanol–water partition coefficient (Wildman–Crippen LogP) is 5.46. The SMILES string of the molecule is CC(C1=NC[C@@H](C)C[C@@]12O[C@@H]2C)[C@H]1CC[C@H]2[C@@H]3CC(=O)[C@H]4C[C@@H](O)CC[C@]4(C)[C@H]3CC[C@]12C. The topological polar surface area (TPSA) is 62.2 Å². The van der Waals surface area contributed by atoms with E-state index in [9.17, 15) is 9.90 Å². The van der Waals surface area contributed by atoms with E-state index in [4.69, 9.17) is 9.73 Å². The van der Waals surface area contributed by atoms with E-state index in [1.54, 1.807) is 0 Å². The molecular weight excluding hydrogens is 410 g/mol. The van der Waals surface area contributed by atoms with Crippen LogP contribution < -0.4 is 0 Å². The Bertz CT molecular complexity index is 869. The fraction of sp³-hybridized carbons (Fsp3) is 0.931. The molecule has 6 aliphatic rings. The number of carbonyl (C=O) groups is 1. The number of aliphatic imine (C=N–C) groups is 1. The first-order valence-corrected chi connectivity index (χ1v) is 14.0. The highest BCUT2D eigenvalue weighted by Crippen LogP contribution is 2.68. The van der Waals surface area contributed by atoms with Crippen molar-refractivity contribution in [1.29, 1.82) is 0 Å². The molecule has 6 rings (SSSR count). The molecule has 4 nitrogen and oxygen atoms in total. The summed E-state index contributed by atoms with van der Waals surface area (Å²) in [5.74, 6) is 4.16. The van der Waals surface area contributed by atoms with Crippen LogP contribution in [0.15, 0.2) is 4.99 Å². The van der Waals surface area contributed by atoms with Gasteiger partial charge in [-0.05, 0) is 98.7 Å². The monoisotopic (exact) mass is 455 g/mol. The van der Waals surface area contributed by atoms with Gasteiger partial charge < -0.3 is 9.84 Å². The van der Waals surface area contributed by atoms with Gasteiger partial charge in [0.2, 0.25) is 0 Å². The van der Waals surface area contributed by atoms with E-state index >= 15 is 0 Å². The Labute approximate surface area is 200 Å². The quantitative estimate of drug-likeness (QED) is 0.563. The van der Waals surface area contributed by atoms with Crippen molar-refractivity contribution in [3.63, 3.8) is 0 Å². The molecule has 12 atom stereocenters. The number of rotatable bonds is 2. The van der Waals surface area contributed by atoms with Crippen molar-refractivity contribution in [3.8, 4) is 0 Å².